The van der Waals surface area contributed by atoms with Crippen LogP contribution in [-0.4, -0.2) is 25.6 Å². The van der Waals surface area contributed by atoms with Gasteiger partial charge in [0, 0.05) is 0 Å². The Morgan fingerprint density at radius 1 is 1.33 bits per heavy atom. The average Bonchev–Trinajstić information content (AvgIpc) is 1.83. The van der Waals surface area contributed by atoms with Crippen LogP contribution in [-0.2, 0) is 0 Å². The normalized spacial score (nSPS) is 12.6. The van der Waals surface area contributed by atoms with Crippen molar-refractivity contribution in [2.24, 2.45) is 5.41 Å². The molecule has 0 aromatic carbocycles. The minimum absolute atomic E-state index is 0.406. The summed E-state index contributed by atoms with van der Waals surface area (Å²) in [6.45, 7) is 6.67. The van der Waals surface area contributed by atoms with Crippen molar-refractivity contribution < 1.29 is 9.90 Å². The summed E-state index contributed by atoms with van der Waals surface area (Å²) >= 11 is -0.689. The van der Waals surface area contributed by atoms with Crippen LogP contribution in [0.2, 0.25) is 5.21 Å². The van der Waals surface area contributed by atoms with Gasteiger partial charge >= 0.3 is 81.1 Å². The number of unbranched alkanes of at least 4 members (excludes halogenated alkanes) is 1. The molecule has 0 aliphatic heterocycles. The van der Waals surface area contributed by atoms with Crippen LogP contribution in [0.15, 0.2) is 0 Å². The summed E-state index contributed by atoms with van der Waals surface area (Å²) in [4.78, 5) is 10.2. The third kappa shape index (κ3) is 10.0. The van der Waals surface area contributed by atoms with Crippen LogP contribution in [0.25, 0.3) is 0 Å². The van der Waals surface area contributed by atoms with Gasteiger partial charge in [0.25, 0.3) is 0 Å². The molecular formula is C9H19AsO2. The van der Waals surface area contributed by atoms with Crippen molar-refractivity contribution >= 4 is 20.5 Å². The molecule has 0 spiro atoms. The SMILES string of the molecule is CC(C)(C)CCCC[AsH]C(=O)O. The first-order valence-corrected chi connectivity index (χ1v) is 6.92. The van der Waals surface area contributed by atoms with E-state index in [2.05, 4.69) is 20.8 Å². The van der Waals surface area contributed by atoms with Gasteiger partial charge in [0.15, 0.2) is 0 Å². The zero-order valence-electron chi connectivity index (χ0n) is 8.18. The molecule has 1 N–H and O–H groups in total. The molecule has 3 heteroatoms. The Morgan fingerprint density at radius 3 is 2.33 bits per heavy atom. The Hall–Kier alpha value is 0.0284. The predicted molar refractivity (Wildman–Crippen MR) is 53.3 cm³/mol. The van der Waals surface area contributed by atoms with E-state index >= 15 is 0 Å². The zero-order chi connectivity index (χ0) is 9.61. The van der Waals surface area contributed by atoms with Crippen LogP contribution < -0.4 is 0 Å². The van der Waals surface area contributed by atoms with Crippen LogP contribution in [0.5, 0.6) is 0 Å². The predicted octanol–water partition coefficient (Wildman–Crippen LogP) is 2.74. The summed E-state index contributed by atoms with van der Waals surface area (Å²) in [5.74, 6) is 0. The Balaban J connectivity index is 3.17. The van der Waals surface area contributed by atoms with Crippen molar-refractivity contribution in [3.63, 3.8) is 0 Å². The van der Waals surface area contributed by atoms with Gasteiger partial charge in [-0.2, -0.15) is 0 Å². The fourth-order valence-corrected chi connectivity index (χ4v) is 2.32. The fraction of sp³-hybridized carbons (Fsp3) is 0.889. The van der Waals surface area contributed by atoms with E-state index in [1.807, 2.05) is 0 Å². The van der Waals surface area contributed by atoms with E-state index in [0.717, 1.165) is 11.6 Å². The molecule has 0 aromatic heterocycles. The molecule has 0 aliphatic rings. The van der Waals surface area contributed by atoms with Gasteiger partial charge in [-0.3, -0.25) is 0 Å². The van der Waals surface area contributed by atoms with E-state index in [4.69, 9.17) is 5.11 Å². The van der Waals surface area contributed by atoms with E-state index in [1.54, 1.807) is 0 Å². The molecule has 0 fully saturated rings. The van der Waals surface area contributed by atoms with E-state index < -0.39 is 20.5 Å². The molecule has 0 amide bonds. The molecule has 0 radical (unpaired) electrons. The van der Waals surface area contributed by atoms with Crippen LogP contribution in [0, 0.1) is 5.41 Å². The molecule has 0 aromatic rings. The number of rotatable bonds is 5. The Labute approximate surface area is 81.4 Å². The molecule has 0 bridgehead atoms. The molecule has 2 nitrogen and oxygen atoms in total. The van der Waals surface area contributed by atoms with E-state index in [9.17, 15) is 4.79 Å². The molecule has 72 valence electrons. The molecule has 0 aliphatic carbocycles. The molecule has 12 heavy (non-hydrogen) atoms. The van der Waals surface area contributed by atoms with Gasteiger partial charge in [-0.15, -0.1) is 0 Å². The standard InChI is InChI=1S/C9H19AsO2/c1-9(2,3)6-4-5-7-10-8(11)12/h10H,4-7H2,1-3H3,(H,11,12). The second kappa shape index (κ2) is 5.64. The zero-order valence-corrected chi connectivity index (χ0v) is 10.3. The Kier molecular flexibility index (Phi) is 5.65. The summed E-state index contributed by atoms with van der Waals surface area (Å²) in [5.41, 5.74) is 0.406. The van der Waals surface area contributed by atoms with Gasteiger partial charge < -0.3 is 0 Å². The topological polar surface area (TPSA) is 37.3 Å². The summed E-state index contributed by atoms with van der Waals surface area (Å²) < 4.78 is -0.550. The van der Waals surface area contributed by atoms with Crippen LogP contribution in [0.1, 0.15) is 40.0 Å². The molecule has 0 rings (SSSR count). The molecule has 1 atom stereocenters. The van der Waals surface area contributed by atoms with E-state index in [1.165, 1.54) is 12.8 Å². The van der Waals surface area contributed by atoms with Gasteiger partial charge in [0.05, 0.1) is 0 Å². The monoisotopic (exact) mass is 234 g/mol. The third-order valence-electron chi connectivity index (χ3n) is 1.63. The van der Waals surface area contributed by atoms with Crippen LogP contribution in [0.4, 0.5) is 4.79 Å². The number of carboxylic acid groups (broad SMARTS) is 1. The minimum atomic E-state index is -0.689. The summed E-state index contributed by atoms with van der Waals surface area (Å²) in [6, 6.07) is 0. The van der Waals surface area contributed by atoms with Crippen molar-refractivity contribution in [1.29, 1.82) is 0 Å². The van der Waals surface area contributed by atoms with E-state index in [-0.39, 0.29) is 0 Å². The fourth-order valence-electron chi connectivity index (χ4n) is 0.976. The van der Waals surface area contributed by atoms with Crippen molar-refractivity contribution in [2.45, 2.75) is 45.2 Å². The molecule has 0 heterocycles. The van der Waals surface area contributed by atoms with Crippen molar-refractivity contribution in [3.8, 4) is 0 Å². The van der Waals surface area contributed by atoms with Crippen molar-refractivity contribution in [2.75, 3.05) is 0 Å². The quantitative estimate of drug-likeness (QED) is 0.586. The van der Waals surface area contributed by atoms with Crippen molar-refractivity contribution in [3.05, 3.63) is 0 Å². The molecular weight excluding hydrogens is 215 g/mol. The van der Waals surface area contributed by atoms with Gasteiger partial charge in [-0.05, 0) is 0 Å². The third-order valence-corrected chi connectivity index (χ3v) is 3.53. The second-order valence-electron chi connectivity index (χ2n) is 4.25. The summed E-state index contributed by atoms with van der Waals surface area (Å²) in [5, 5.41) is 9.38. The number of hydrogen-bond donors (Lipinski definition) is 1. The maximum atomic E-state index is 10.2. The van der Waals surface area contributed by atoms with Gasteiger partial charge in [0.2, 0.25) is 0 Å². The number of carbonyl (C=O) groups is 1. The van der Waals surface area contributed by atoms with Crippen LogP contribution in [0.3, 0.4) is 0 Å². The van der Waals surface area contributed by atoms with E-state index in [0.29, 0.717) is 5.41 Å². The van der Waals surface area contributed by atoms with Gasteiger partial charge in [-0.1, -0.05) is 0 Å². The van der Waals surface area contributed by atoms with Crippen molar-refractivity contribution in [1.82, 2.24) is 0 Å². The Bertz CT molecular complexity index is 138. The van der Waals surface area contributed by atoms with Crippen LogP contribution >= 0.6 is 0 Å². The summed E-state index contributed by atoms with van der Waals surface area (Å²) in [7, 11) is 0. The molecule has 0 saturated carbocycles. The first-order valence-electron chi connectivity index (χ1n) is 4.38. The first-order chi connectivity index (χ1) is 5.42. The molecule has 0 saturated heterocycles. The Morgan fingerprint density at radius 2 is 1.92 bits per heavy atom. The molecule has 1 unspecified atom stereocenters. The second-order valence-corrected chi connectivity index (χ2v) is 6.94. The maximum absolute atomic E-state index is 10.2. The average molecular weight is 234 g/mol. The first kappa shape index (κ1) is 12.0. The number of hydrogen-bond acceptors (Lipinski definition) is 1. The van der Waals surface area contributed by atoms with Gasteiger partial charge in [-0.25, -0.2) is 0 Å². The van der Waals surface area contributed by atoms with Gasteiger partial charge in [0.1, 0.15) is 0 Å². The summed E-state index contributed by atoms with van der Waals surface area (Å²) in [6.07, 6.45) is 3.49.